The molecule has 1 aromatic heterocycles. The van der Waals surface area contributed by atoms with Crippen LogP contribution in [0.4, 0.5) is 5.82 Å². The number of hydrogen-bond donors (Lipinski definition) is 3. The molecular formula is C14H19ClN2O3. The van der Waals surface area contributed by atoms with Gasteiger partial charge in [0.05, 0.1) is 5.60 Å². The fraction of sp³-hybridized carbons (Fsp3) is 0.571. The van der Waals surface area contributed by atoms with Crippen molar-refractivity contribution < 1.29 is 15.0 Å². The van der Waals surface area contributed by atoms with Crippen molar-refractivity contribution in [3.05, 3.63) is 22.8 Å². The molecule has 0 bridgehead atoms. The second-order valence-electron chi connectivity index (χ2n) is 5.33. The summed E-state index contributed by atoms with van der Waals surface area (Å²) in [7, 11) is 0. The third kappa shape index (κ3) is 3.84. The van der Waals surface area contributed by atoms with Crippen LogP contribution in [0.25, 0.3) is 0 Å². The first-order valence-electron chi connectivity index (χ1n) is 6.86. The van der Waals surface area contributed by atoms with Crippen LogP contribution in [0.5, 0.6) is 0 Å². The second kappa shape index (κ2) is 6.41. The highest BCUT2D eigenvalue weighted by molar-refractivity contribution is 6.29. The molecule has 0 unspecified atom stereocenters. The Balaban J connectivity index is 2.09. The Morgan fingerprint density at radius 3 is 2.55 bits per heavy atom. The summed E-state index contributed by atoms with van der Waals surface area (Å²) in [6, 6.07) is 2.85. The predicted molar refractivity (Wildman–Crippen MR) is 77.3 cm³/mol. The zero-order valence-electron chi connectivity index (χ0n) is 11.2. The number of aliphatic hydroxyl groups is 1. The second-order valence-corrected chi connectivity index (χ2v) is 5.71. The third-order valence-corrected chi connectivity index (χ3v) is 3.92. The Hall–Kier alpha value is -1.33. The van der Waals surface area contributed by atoms with E-state index in [1.165, 1.54) is 12.1 Å². The molecule has 1 saturated carbocycles. The number of carbonyl (C=O) groups is 1. The maximum absolute atomic E-state index is 11.1. The number of aromatic carboxylic acids is 1. The quantitative estimate of drug-likeness (QED) is 0.588. The van der Waals surface area contributed by atoms with Crippen molar-refractivity contribution in [2.24, 2.45) is 0 Å². The van der Waals surface area contributed by atoms with Crippen molar-refractivity contribution >= 4 is 23.4 Å². The number of carboxylic acid groups (broad SMARTS) is 1. The van der Waals surface area contributed by atoms with E-state index in [0.717, 1.165) is 38.5 Å². The van der Waals surface area contributed by atoms with Gasteiger partial charge < -0.3 is 15.5 Å². The minimum Gasteiger partial charge on any atom is -0.478 e. The van der Waals surface area contributed by atoms with Crippen LogP contribution in [0.3, 0.4) is 0 Å². The summed E-state index contributed by atoms with van der Waals surface area (Å²) in [5, 5.41) is 22.8. The molecule has 1 aliphatic rings. The zero-order chi connectivity index (χ0) is 14.6. The third-order valence-electron chi connectivity index (χ3n) is 3.71. The van der Waals surface area contributed by atoms with Gasteiger partial charge in [-0.25, -0.2) is 9.78 Å². The van der Waals surface area contributed by atoms with E-state index in [9.17, 15) is 9.90 Å². The highest BCUT2D eigenvalue weighted by Crippen LogP contribution is 2.27. The summed E-state index contributed by atoms with van der Waals surface area (Å²) in [6.45, 7) is 0.292. The first-order chi connectivity index (χ1) is 9.50. The Kier molecular flexibility index (Phi) is 4.83. The van der Waals surface area contributed by atoms with E-state index < -0.39 is 11.6 Å². The molecule has 2 rings (SSSR count). The molecule has 3 N–H and O–H groups in total. The minimum absolute atomic E-state index is 0.0617. The maximum Gasteiger partial charge on any atom is 0.339 e. The lowest BCUT2D eigenvalue weighted by Crippen LogP contribution is -2.36. The van der Waals surface area contributed by atoms with Crippen LogP contribution in [0.15, 0.2) is 12.1 Å². The van der Waals surface area contributed by atoms with Gasteiger partial charge in [-0.05, 0) is 25.0 Å². The Morgan fingerprint density at radius 1 is 1.30 bits per heavy atom. The molecule has 1 aliphatic carbocycles. The highest BCUT2D eigenvalue weighted by Gasteiger charge is 2.28. The molecule has 6 heteroatoms. The van der Waals surface area contributed by atoms with Crippen LogP contribution < -0.4 is 5.32 Å². The summed E-state index contributed by atoms with van der Waals surface area (Å²) in [4.78, 5) is 15.1. The van der Waals surface area contributed by atoms with Crippen molar-refractivity contribution in [1.82, 2.24) is 4.98 Å². The van der Waals surface area contributed by atoms with Crippen molar-refractivity contribution in [2.45, 2.75) is 44.1 Å². The number of nitrogens with one attached hydrogen (secondary N) is 1. The first-order valence-corrected chi connectivity index (χ1v) is 7.24. The number of halogens is 1. The van der Waals surface area contributed by atoms with Gasteiger partial charge in [-0.2, -0.15) is 0 Å². The van der Waals surface area contributed by atoms with Gasteiger partial charge >= 0.3 is 5.97 Å². The molecule has 0 saturated heterocycles. The Morgan fingerprint density at radius 2 is 1.95 bits per heavy atom. The van der Waals surface area contributed by atoms with E-state index >= 15 is 0 Å². The summed E-state index contributed by atoms with van der Waals surface area (Å²) >= 11 is 5.80. The van der Waals surface area contributed by atoms with Crippen LogP contribution >= 0.6 is 11.6 Å². The normalized spacial score (nSPS) is 18.3. The molecule has 0 radical (unpaired) electrons. The van der Waals surface area contributed by atoms with Gasteiger partial charge in [0.2, 0.25) is 0 Å². The first kappa shape index (κ1) is 15.1. The standard InChI is InChI=1S/C14H19ClN2O3/c15-11-6-5-10(13(18)19)12(17-11)16-9-14(20)7-3-1-2-4-8-14/h5-6,20H,1-4,7-9H2,(H,16,17)(H,18,19). The number of rotatable bonds is 4. The van der Waals surface area contributed by atoms with Gasteiger partial charge in [0.15, 0.2) is 0 Å². The lowest BCUT2D eigenvalue weighted by Gasteiger charge is -2.27. The number of carboxylic acids is 1. The van der Waals surface area contributed by atoms with Gasteiger partial charge in [0.1, 0.15) is 16.5 Å². The molecule has 0 spiro atoms. The van der Waals surface area contributed by atoms with Gasteiger partial charge in [-0.1, -0.05) is 37.3 Å². The average molecular weight is 299 g/mol. The number of pyridine rings is 1. The lowest BCUT2D eigenvalue weighted by molar-refractivity contribution is 0.0379. The molecule has 1 fully saturated rings. The summed E-state index contributed by atoms with van der Waals surface area (Å²) in [5.41, 5.74) is -0.734. The highest BCUT2D eigenvalue weighted by atomic mass is 35.5. The van der Waals surface area contributed by atoms with Gasteiger partial charge in [0, 0.05) is 6.54 Å². The number of nitrogens with zero attached hydrogens (tertiary/aromatic N) is 1. The smallest absolute Gasteiger partial charge is 0.339 e. The molecule has 0 amide bonds. The van der Waals surface area contributed by atoms with E-state index in [4.69, 9.17) is 16.7 Å². The van der Waals surface area contributed by atoms with Gasteiger partial charge in [-0.3, -0.25) is 0 Å². The van der Waals surface area contributed by atoms with Crippen molar-refractivity contribution in [2.75, 3.05) is 11.9 Å². The fourth-order valence-electron chi connectivity index (χ4n) is 2.55. The van der Waals surface area contributed by atoms with E-state index in [1.54, 1.807) is 0 Å². The van der Waals surface area contributed by atoms with Crippen LogP contribution in [-0.4, -0.2) is 33.3 Å². The number of anilines is 1. The van der Waals surface area contributed by atoms with Crippen molar-refractivity contribution in [3.63, 3.8) is 0 Å². The topological polar surface area (TPSA) is 82.5 Å². The molecular weight excluding hydrogens is 280 g/mol. The monoisotopic (exact) mass is 298 g/mol. The number of hydrogen-bond acceptors (Lipinski definition) is 4. The molecule has 5 nitrogen and oxygen atoms in total. The average Bonchev–Trinajstić information content (AvgIpc) is 2.62. The SMILES string of the molecule is O=C(O)c1ccc(Cl)nc1NCC1(O)CCCCCC1. The van der Waals surface area contributed by atoms with Gasteiger partial charge in [0.25, 0.3) is 0 Å². The lowest BCUT2D eigenvalue weighted by atomic mass is 9.94. The Bertz CT molecular complexity index is 485. The minimum atomic E-state index is -1.07. The summed E-state index contributed by atoms with van der Waals surface area (Å²) in [6.07, 6.45) is 5.71. The molecule has 0 aliphatic heterocycles. The van der Waals surface area contributed by atoms with Crippen LogP contribution in [0.2, 0.25) is 5.15 Å². The van der Waals surface area contributed by atoms with Crippen LogP contribution in [-0.2, 0) is 0 Å². The molecule has 0 aromatic carbocycles. The largest absolute Gasteiger partial charge is 0.478 e. The van der Waals surface area contributed by atoms with Crippen LogP contribution in [0.1, 0.15) is 48.9 Å². The Labute approximate surface area is 123 Å². The van der Waals surface area contributed by atoms with Crippen molar-refractivity contribution in [3.8, 4) is 0 Å². The molecule has 0 atom stereocenters. The number of aromatic nitrogens is 1. The zero-order valence-corrected chi connectivity index (χ0v) is 12.0. The van der Waals surface area contributed by atoms with E-state index in [-0.39, 0.29) is 16.5 Å². The molecule has 110 valence electrons. The van der Waals surface area contributed by atoms with E-state index in [1.807, 2.05) is 0 Å². The predicted octanol–water partition coefficient (Wildman–Crippen LogP) is 2.93. The molecule has 20 heavy (non-hydrogen) atoms. The summed E-state index contributed by atoms with van der Waals surface area (Å²) in [5.74, 6) is -0.854. The van der Waals surface area contributed by atoms with Crippen molar-refractivity contribution in [1.29, 1.82) is 0 Å². The van der Waals surface area contributed by atoms with Crippen LogP contribution in [0, 0.1) is 0 Å². The van der Waals surface area contributed by atoms with E-state index in [2.05, 4.69) is 10.3 Å². The summed E-state index contributed by atoms with van der Waals surface area (Å²) < 4.78 is 0. The molecule has 1 aromatic rings. The maximum atomic E-state index is 11.1. The van der Waals surface area contributed by atoms with E-state index in [0.29, 0.717) is 6.54 Å². The van der Waals surface area contributed by atoms with Gasteiger partial charge in [-0.15, -0.1) is 0 Å². The fourth-order valence-corrected chi connectivity index (χ4v) is 2.70. The molecule has 1 heterocycles.